The molecule has 2 heterocycles. The Morgan fingerprint density at radius 3 is 2.00 bits per heavy atom. The van der Waals surface area contributed by atoms with Crippen LogP contribution in [0.1, 0.15) is 0 Å². The molecular formula is C11H11N2W+. The Labute approximate surface area is 97.9 Å². The van der Waals surface area contributed by atoms with Crippen molar-refractivity contribution in [2.45, 2.75) is 0 Å². The molecule has 2 aromatic rings. The number of pyridine rings is 2. The molecule has 2 nitrogen and oxygen atoms in total. The van der Waals surface area contributed by atoms with E-state index in [9.17, 15) is 0 Å². The smallest absolute Gasteiger partial charge is 0.169 e. The molecule has 2 aromatic heterocycles. The van der Waals surface area contributed by atoms with Gasteiger partial charge in [0, 0.05) is 45.6 Å². The molecule has 70 valence electrons. The van der Waals surface area contributed by atoms with Crippen LogP contribution in [0.15, 0.2) is 49.1 Å². The molecule has 0 spiro atoms. The standard InChI is InChI=1S/C11H11N2.W/c1-13-8-4-11(5-9-13)10-2-6-12-7-3-10;/h2-9H,1H3;/q+1;. The molecule has 0 radical (unpaired) electrons. The van der Waals surface area contributed by atoms with Crippen molar-refractivity contribution in [3.8, 4) is 11.1 Å². The van der Waals surface area contributed by atoms with E-state index in [1.165, 1.54) is 11.1 Å². The van der Waals surface area contributed by atoms with Crippen LogP contribution in [0.2, 0.25) is 0 Å². The maximum atomic E-state index is 3.98. The van der Waals surface area contributed by atoms with E-state index in [1.54, 1.807) is 0 Å². The van der Waals surface area contributed by atoms with Crippen LogP contribution in [0.25, 0.3) is 11.1 Å². The maximum absolute atomic E-state index is 3.98. The normalized spacial score (nSPS) is 9.21. The Kier molecular flexibility index (Phi) is 3.96. The van der Waals surface area contributed by atoms with Gasteiger partial charge < -0.3 is 0 Å². The number of aryl methyl sites for hydroxylation is 1. The van der Waals surface area contributed by atoms with E-state index in [4.69, 9.17) is 0 Å². The van der Waals surface area contributed by atoms with Gasteiger partial charge in [0.2, 0.25) is 0 Å². The summed E-state index contributed by atoms with van der Waals surface area (Å²) in [6.07, 6.45) is 7.69. The van der Waals surface area contributed by atoms with Crippen molar-refractivity contribution >= 4 is 0 Å². The monoisotopic (exact) mass is 355 g/mol. The molecular weight excluding hydrogens is 344 g/mol. The average Bonchev–Trinajstić information content (AvgIpc) is 2.20. The largest absolute Gasteiger partial charge is 0.265 e. The van der Waals surface area contributed by atoms with Gasteiger partial charge in [0.25, 0.3) is 0 Å². The third-order valence-corrected chi connectivity index (χ3v) is 1.99. The summed E-state index contributed by atoms with van der Waals surface area (Å²) in [5, 5.41) is 0. The van der Waals surface area contributed by atoms with Crippen LogP contribution in [0.5, 0.6) is 0 Å². The van der Waals surface area contributed by atoms with Gasteiger partial charge in [-0.25, -0.2) is 4.57 Å². The van der Waals surface area contributed by atoms with Gasteiger partial charge in [-0.1, -0.05) is 0 Å². The van der Waals surface area contributed by atoms with Crippen LogP contribution in [0.4, 0.5) is 0 Å². The quantitative estimate of drug-likeness (QED) is 0.710. The third kappa shape index (κ3) is 2.49. The minimum absolute atomic E-state index is 0. The summed E-state index contributed by atoms with van der Waals surface area (Å²) in [5.74, 6) is 0. The summed E-state index contributed by atoms with van der Waals surface area (Å²) in [6.45, 7) is 0. The van der Waals surface area contributed by atoms with Crippen molar-refractivity contribution < 1.29 is 25.6 Å². The Bertz CT molecular complexity index is 384. The number of aromatic nitrogens is 2. The van der Waals surface area contributed by atoms with Crippen molar-refractivity contribution in [2.24, 2.45) is 7.05 Å². The molecule has 0 aliphatic rings. The zero-order chi connectivity index (χ0) is 9.10. The molecule has 0 amide bonds. The molecule has 0 unspecified atom stereocenters. The molecule has 3 heteroatoms. The second-order valence-corrected chi connectivity index (χ2v) is 2.99. The summed E-state index contributed by atoms with van der Waals surface area (Å²) < 4.78 is 2.02. The van der Waals surface area contributed by atoms with Crippen molar-refractivity contribution in [2.75, 3.05) is 0 Å². The van der Waals surface area contributed by atoms with Crippen LogP contribution < -0.4 is 4.57 Å². The number of rotatable bonds is 1. The Hall–Kier alpha value is -1.01. The first-order chi connectivity index (χ1) is 6.36. The molecule has 0 saturated heterocycles. The fourth-order valence-electron chi connectivity index (χ4n) is 1.24. The van der Waals surface area contributed by atoms with Crippen molar-refractivity contribution in [3.05, 3.63) is 49.1 Å². The second kappa shape index (κ2) is 5.02. The number of hydrogen-bond donors (Lipinski definition) is 0. The summed E-state index contributed by atoms with van der Waals surface area (Å²) in [7, 11) is 2.01. The minimum Gasteiger partial charge on any atom is -0.265 e. The molecule has 0 atom stereocenters. The van der Waals surface area contributed by atoms with Gasteiger partial charge >= 0.3 is 0 Å². The molecule has 2 rings (SSSR count). The van der Waals surface area contributed by atoms with Gasteiger partial charge in [-0.05, 0) is 23.3 Å². The fourth-order valence-corrected chi connectivity index (χ4v) is 1.24. The van der Waals surface area contributed by atoms with E-state index >= 15 is 0 Å². The maximum Gasteiger partial charge on any atom is 0.169 e. The van der Waals surface area contributed by atoms with Crippen LogP contribution in [-0.4, -0.2) is 4.98 Å². The first kappa shape index (κ1) is 11.1. The predicted octanol–water partition coefficient (Wildman–Crippen LogP) is 1.57. The Morgan fingerprint density at radius 2 is 1.43 bits per heavy atom. The third-order valence-electron chi connectivity index (χ3n) is 1.99. The molecule has 0 aliphatic carbocycles. The first-order valence-corrected chi connectivity index (χ1v) is 4.22. The van der Waals surface area contributed by atoms with Crippen molar-refractivity contribution in [1.29, 1.82) is 0 Å². The van der Waals surface area contributed by atoms with Crippen molar-refractivity contribution in [3.63, 3.8) is 0 Å². The molecule has 0 fully saturated rings. The zero-order valence-corrected chi connectivity index (χ0v) is 10.9. The van der Waals surface area contributed by atoms with Crippen LogP contribution in [-0.2, 0) is 28.1 Å². The van der Waals surface area contributed by atoms with E-state index in [0.29, 0.717) is 0 Å². The van der Waals surface area contributed by atoms with Gasteiger partial charge in [0.15, 0.2) is 12.4 Å². The van der Waals surface area contributed by atoms with Gasteiger partial charge in [-0.15, -0.1) is 0 Å². The summed E-state index contributed by atoms with van der Waals surface area (Å²) >= 11 is 0. The molecule has 0 N–H and O–H groups in total. The van der Waals surface area contributed by atoms with Gasteiger partial charge in [-0.2, -0.15) is 0 Å². The Balaban J connectivity index is 0.000000980. The van der Waals surface area contributed by atoms with Crippen LogP contribution in [0.3, 0.4) is 0 Å². The molecule has 14 heavy (non-hydrogen) atoms. The zero-order valence-electron chi connectivity index (χ0n) is 7.92. The SMILES string of the molecule is C[n+]1ccc(-c2ccncc2)cc1.[W]. The summed E-state index contributed by atoms with van der Waals surface area (Å²) in [6, 6.07) is 8.20. The van der Waals surface area contributed by atoms with E-state index in [1.807, 2.05) is 48.5 Å². The van der Waals surface area contributed by atoms with Crippen LogP contribution in [0, 0.1) is 0 Å². The summed E-state index contributed by atoms with van der Waals surface area (Å²) in [5.41, 5.74) is 2.43. The molecule has 0 bridgehead atoms. The molecule has 0 saturated carbocycles. The van der Waals surface area contributed by atoms with E-state index in [0.717, 1.165) is 0 Å². The van der Waals surface area contributed by atoms with Gasteiger partial charge in [0.05, 0.1) is 0 Å². The average molecular weight is 355 g/mol. The molecule has 0 aliphatic heterocycles. The summed E-state index contributed by atoms with van der Waals surface area (Å²) in [4.78, 5) is 3.98. The predicted molar refractivity (Wildman–Crippen MR) is 50.8 cm³/mol. The van der Waals surface area contributed by atoms with Crippen molar-refractivity contribution in [1.82, 2.24) is 4.98 Å². The first-order valence-electron chi connectivity index (χ1n) is 4.22. The van der Waals surface area contributed by atoms with Crippen LogP contribution >= 0.6 is 0 Å². The topological polar surface area (TPSA) is 16.8 Å². The van der Waals surface area contributed by atoms with Gasteiger partial charge in [-0.3, -0.25) is 4.98 Å². The Morgan fingerprint density at radius 1 is 0.929 bits per heavy atom. The van der Waals surface area contributed by atoms with E-state index < -0.39 is 0 Å². The molecule has 0 aromatic carbocycles. The number of nitrogens with zero attached hydrogens (tertiary/aromatic N) is 2. The van der Waals surface area contributed by atoms with Gasteiger partial charge in [0.1, 0.15) is 7.05 Å². The van der Waals surface area contributed by atoms with E-state index in [-0.39, 0.29) is 21.1 Å². The van der Waals surface area contributed by atoms with E-state index in [2.05, 4.69) is 17.1 Å². The second-order valence-electron chi connectivity index (χ2n) is 2.99. The minimum atomic E-state index is 0. The number of hydrogen-bond acceptors (Lipinski definition) is 1. The fraction of sp³-hybridized carbons (Fsp3) is 0.0909.